The second-order valence-corrected chi connectivity index (χ2v) is 19.5. The van der Waals surface area contributed by atoms with Crippen LogP contribution in [0.5, 0.6) is 0 Å². The summed E-state index contributed by atoms with van der Waals surface area (Å²) in [6, 6.07) is 0. The summed E-state index contributed by atoms with van der Waals surface area (Å²) in [5.41, 5.74) is 0. The van der Waals surface area contributed by atoms with Crippen molar-refractivity contribution in [3.8, 4) is 0 Å². The maximum atomic E-state index is 10.4. The van der Waals surface area contributed by atoms with Crippen LogP contribution in [0.3, 0.4) is 0 Å². The van der Waals surface area contributed by atoms with E-state index in [9.17, 15) is 198 Å². The molecule has 0 atom stereocenters. The molecule has 4 radical (unpaired) electrons. The number of aliphatic carboxylic acids is 20. The Labute approximate surface area is 677 Å². The molecule has 0 rings (SSSR count). The molecule has 0 aromatic heterocycles. The van der Waals surface area contributed by atoms with Crippen LogP contribution in [0.15, 0.2) is 0 Å². The van der Waals surface area contributed by atoms with Gasteiger partial charge in [0, 0.05) is 196 Å². The molecule has 32 N–H and O–H groups in total. The first-order chi connectivity index (χ1) is 46.0. The van der Waals surface area contributed by atoms with Crippen molar-refractivity contribution < 1.29 is 266 Å². The van der Waals surface area contributed by atoms with Gasteiger partial charge in [0.2, 0.25) is 0 Å². The molecular weight excluding hydrogens is 1720 g/mol. The largest absolute Gasteiger partial charge is 3.00 e. The molecule has 0 aliphatic rings. The third kappa shape index (κ3) is 109. The molecule has 112 heavy (non-hydrogen) atoms. The first kappa shape index (κ1) is 145. The van der Waals surface area contributed by atoms with Crippen molar-refractivity contribution in [2.75, 3.05) is 196 Å². The van der Waals surface area contributed by atoms with Crippen molar-refractivity contribution in [1.29, 1.82) is 0 Å². The van der Waals surface area contributed by atoms with Gasteiger partial charge in [0.05, 0.1) is 119 Å². The predicted octanol–water partition coefficient (Wildman–Crippen LogP) is -34.1. The molecule has 0 aliphatic carbocycles. The zero-order chi connectivity index (χ0) is 78.5. The number of hydrogen-bond donors (Lipinski definition) is 8. The standard InChI is InChI=1S/5C10H16N2O8.4Fe.8H3N/c5*13-7(14)3-11(4-8(15)16)1-2-12(5-9(17)18)6-10(19)20;;;;;;;;;;;;/h5*1-6H2,(H,13,14)(H,15,16)(H,17,18)(H,19,20);;;;;8*1H3/q;;;;;4*+3;;;;;;;;/p-12. The zero-order valence-electron chi connectivity index (χ0n) is 61.4. The number of carbonyl (C=O) groups is 20. The van der Waals surface area contributed by atoms with E-state index in [4.69, 9.17) is 0 Å². The number of hydrogen-bond acceptors (Lipinski definition) is 50. The van der Waals surface area contributed by atoms with Gasteiger partial charge in [-0.25, -0.2) is 0 Å². The molecule has 0 spiro atoms. The van der Waals surface area contributed by atoms with Gasteiger partial charge in [-0.1, -0.05) is 0 Å². The molecule has 0 amide bonds. The number of rotatable bonds is 55. The van der Waals surface area contributed by atoms with E-state index in [0.717, 1.165) is 49.0 Å². The Morgan fingerprint density at radius 2 is 0.152 bits per heavy atom. The second kappa shape index (κ2) is 84.2. The fourth-order valence-corrected chi connectivity index (χ4v) is 7.21. The molecule has 0 bridgehead atoms. The summed E-state index contributed by atoms with van der Waals surface area (Å²) in [6.45, 7) is -16.3. The van der Waals surface area contributed by atoms with Crippen molar-refractivity contribution in [3.63, 3.8) is 0 Å². The average Bonchev–Trinajstić information content (AvgIpc) is 0.957. The van der Waals surface area contributed by atoms with Gasteiger partial charge in [-0.15, -0.1) is 0 Å². The minimum atomic E-state index is -1.53. The van der Waals surface area contributed by atoms with Gasteiger partial charge in [-0.3, -0.25) is 49.0 Å². The van der Waals surface area contributed by atoms with Crippen molar-refractivity contribution in [3.05, 3.63) is 0 Å². The Hall–Kier alpha value is -9.24. The molecule has 654 valence electrons. The minimum absolute atomic E-state index is 0. The maximum absolute atomic E-state index is 10.4. The second-order valence-electron chi connectivity index (χ2n) is 19.5. The van der Waals surface area contributed by atoms with Crippen LogP contribution in [-0.2, 0) is 164 Å². The summed E-state index contributed by atoms with van der Waals surface area (Å²) in [6.07, 6.45) is 0. The number of quaternary nitrogens is 8. The quantitative estimate of drug-likeness (QED) is 0.0262. The Morgan fingerprint density at radius 1 is 0.116 bits per heavy atom. The molecule has 0 saturated carbocycles. The number of carboxylic acids is 20. The van der Waals surface area contributed by atoms with E-state index in [0.29, 0.717) is 0 Å². The van der Waals surface area contributed by atoms with E-state index >= 15 is 0 Å². The third-order valence-electron chi connectivity index (χ3n) is 10.7. The van der Waals surface area contributed by atoms with E-state index in [2.05, 4.69) is 0 Å². The van der Waals surface area contributed by atoms with Gasteiger partial charge in [-0.05, 0) is 0 Å². The van der Waals surface area contributed by atoms with Gasteiger partial charge in [-0.2, -0.15) is 0 Å². The van der Waals surface area contributed by atoms with Crippen LogP contribution in [0.2, 0.25) is 0 Å². The summed E-state index contributed by atoms with van der Waals surface area (Å²) in [4.78, 5) is 217. The van der Waals surface area contributed by atoms with Gasteiger partial charge in [0.15, 0.2) is 0 Å². The average molecular weight is 1810 g/mol. The van der Waals surface area contributed by atoms with Gasteiger partial charge in [0.1, 0.15) is 0 Å². The summed E-state index contributed by atoms with van der Waals surface area (Å²) in [5, 5.41) is 208. The van der Waals surface area contributed by atoms with Gasteiger partial charge < -0.3 is 247 Å². The molecule has 0 aliphatic heterocycles. The molecule has 0 unspecified atom stereocenters. The van der Waals surface area contributed by atoms with E-state index in [1.54, 1.807) is 0 Å². The molecule has 62 heteroatoms. The normalized spacial score (nSPS) is 9.55. The molecule has 0 aromatic carbocycles. The molecule has 0 saturated heterocycles. The molecular formula is C50H92Fe4N18O40. The summed E-state index contributed by atoms with van der Waals surface area (Å²) in [5.74, 6) is -30.6. The fourth-order valence-electron chi connectivity index (χ4n) is 7.21. The SMILES string of the molecule is O=C([O-])CN(CCN(CC(=O)[O-])CC(=O)[O-])CC(=O)[O-].O=C([O-])CN(CCN(CC(=O)[O-])CC(=O)[O-])CC(=O)[O-].O=C([O-])CN(CCN(CC(=O)[O-])CC(=O)[O-])CC(=O)[O-].O=C([O-])CN(CCN(CC(=O)[O-])CC(=O)[O-])CC(=O)[O-].O=C([O-])CN(CCN(CC(=O)[O-])CC(=O)[O-])CC(=O)[O-].[Fe+3].[Fe+3].[Fe+3].[Fe+3].[NH4+].[NH4+].[NH4+].[NH4+].[NH4+].[NH4+].[NH4+].[NH4+]. The van der Waals surface area contributed by atoms with Crippen LogP contribution in [0, 0.1) is 0 Å². The van der Waals surface area contributed by atoms with E-state index in [1.165, 1.54) is 0 Å². The number of nitrogens with zero attached hydrogens (tertiary/aromatic N) is 10. The Balaban J connectivity index is -0.0000000654. The maximum Gasteiger partial charge on any atom is 3.00 e. The van der Waals surface area contributed by atoms with Crippen molar-refractivity contribution in [2.24, 2.45) is 0 Å². The van der Waals surface area contributed by atoms with Crippen LogP contribution in [0.4, 0.5) is 0 Å². The summed E-state index contributed by atoms with van der Waals surface area (Å²) in [7, 11) is 0. The van der Waals surface area contributed by atoms with Crippen LogP contribution in [0.25, 0.3) is 0 Å². The minimum Gasteiger partial charge on any atom is -0.549 e. The van der Waals surface area contributed by atoms with E-state index < -0.39 is 250 Å². The van der Waals surface area contributed by atoms with Crippen LogP contribution < -0.4 is 151 Å². The van der Waals surface area contributed by atoms with Crippen molar-refractivity contribution in [1.82, 2.24) is 98.2 Å². The topological polar surface area (TPSA) is 1130 Å². The van der Waals surface area contributed by atoms with E-state index in [-0.39, 0.29) is 183 Å². The third-order valence-corrected chi connectivity index (χ3v) is 10.7. The summed E-state index contributed by atoms with van der Waals surface area (Å²) >= 11 is 0. The molecule has 0 fully saturated rings. The number of carbonyl (C=O) groups excluding carboxylic acids is 20. The fraction of sp³-hybridized carbons (Fsp3) is 0.600. The van der Waals surface area contributed by atoms with Gasteiger partial charge in [0.25, 0.3) is 0 Å². The van der Waals surface area contributed by atoms with Crippen LogP contribution >= 0.6 is 0 Å². The molecule has 0 aromatic rings. The summed E-state index contributed by atoms with van der Waals surface area (Å²) < 4.78 is 0. The monoisotopic (exact) mass is 1810 g/mol. The first-order valence-electron chi connectivity index (χ1n) is 27.2. The van der Waals surface area contributed by atoms with Crippen molar-refractivity contribution >= 4 is 119 Å². The first-order valence-corrected chi connectivity index (χ1v) is 27.2. The van der Waals surface area contributed by atoms with Crippen LogP contribution in [0.1, 0.15) is 0 Å². The van der Waals surface area contributed by atoms with Crippen LogP contribution in [-0.4, -0.2) is 365 Å². The van der Waals surface area contributed by atoms with Crippen molar-refractivity contribution in [2.45, 2.75) is 0 Å². The molecule has 58 nitrogen and oxygen atoms in total. The Bertz CT molecular complexity index is 2040. The predicted molar refractivity (Wildman–Crippen MR) is 312 cm³/mol. The zero-order valence-corrected chi connectivity index (χ0v) is 65.8. The van der Waals surface area contributed by atoms with E-state index in [1.807, 2.05) is 0 Å². The number of carboxylic acid groups (broad SMARTS) is 20. The molecule has 0 heterocycles. The Kier molecular flexibility index (Phi) is 109. The smallest absolute Gasteiger partial charge is 0.549 e. The van der Waals surface area contributed by atoms with Gasteiger partial charge >= 0.3 is 68.3 Å². The Morgan fingerprint density at radius 3 is 0.179 bits per heavy atom.